The maximum Gasteiger partial charge on any atom is 0.492 e. The number of carbonyl (C=O) groups is 1. The first-order valence-corrected chi connectivity index (χ1v) is 4.85. The van der Waals surface area contributed by atoms with Crippen LogP contribution >= 0.6 is 0 Å². The molecule has 0 saturated carbocycles. The molecule has 84 valence electrons. The number of carboxylic acids is 1. The van der Waals surface area contributed by atoms with Crippen molar-refractivity contribution in [3.05, 3.63) is 23.8 Å². The van der Waals surface area contributed by atoms with Crippen molar-refractivity contribution in [2.75, 3.05) is 7.11 Å². The number of hydrogen-bond acceptors (Lipinski definition) is 4. The van der Waals surface area contributed by atoms with Crippen LogP contribution in [0.3, 0.4) is 0 Å². The summed E-state index contributed by atoms with van der Waals surface area (Å²) in [6.45, 7) is 0. The van der Waals surface area contributed by atoms with E-state index in [4.69, 9.17) is 14.5 Å². The smallest absolute Gasteiger partial charge is 0.492 e. The van der Waals surface area contributed by atoms with Crippen molar-refractivity contribution in [3.63, 3.8) is 0 Å². The van der Waals surface area contributed by atoms with Gasteiger partial charge in [0.1, 0.15) is 5.75 Å². The zero-order chi connectivity index (χ0) is 11.7. The van der Waals surface area contributed by atoms with Crippen molar-refractivity contribution in [1.29, 1.82) is 0 Å². The van der Waals surface area contributed by atoms with Crippen LogP contribution in [0, 0.1) is 0 Å². The molecule has 1 aliphatic rings. The van der Waals surface area contributed by atoms with Crippen molar-refractivity contribution in [2.24, 2.45) is 0 Å². The average molecular weight is 222 g/mol. The van der Waals surface area contributed by atoms with Crippen LogP contribution in [0.2, 0.25) is 0 Å². The highest BCUT2D eigenvalue weighted by Crippen LogP contribution is 2.28. The summed E-state index contributed by atoms with van der Waals surface area (Å²) in [7, 11) is 0.452. The van der Waals surface area contributed by atoms with Gasteiger partial charge >= 0.3 is 13.1 Å². The second kappa shape index (κ2) is 4.15. The molecule has 6 heteroatoms. The lowest BCUT2D eigenvalue weighted by molar-refractivity contribution is -0.138. The van der Waals surface area contributed by atoms with Crippen LogP contribution in [0.4, 0.5) is 0 Å². The van der Waals surface area contributed by atoms with Gasteiger partial charge in [-0.1, -0.05) is 6.07 Å². The highest BCUT2D eigenvalue weighted by Gasteiger charge is 2.36. The highest BCUT2D eigenvalue weighted by molar-refractivity contribution is 6.61. The maximum absolute atomic E-state index is 10.6. The Bertz CT molecular complexity index is 420. The minimum atomic E-state index is -1.07. The van der Waals surface area contributed by atoms with E-state index in [1.54, 1.807) is 18.2 Å². The summed E-state index contributed by atoms with van der Waals surface area (Å²) < 4.78 is 10.2. The number of methoxy groups -OCH3 is 1. The van der Waals surface area contributed by atoms with Crippen molar-refractivity contribution in [3.8, 4) is 5.75 Å². The second-order valence-electron chi connectivity index (χ2n) is 3.57. The van der Waals surface area contributed by atoms with Gasteiger partial charge in [0.25, 0.3) is 0 Å². The highest BCUT2D eigenvalue weighted by atomic mass is 16.5. The van der Waals surface area contributed by atoms with Gasteiger partial charge in [-0.25, -0.2) is 0 Å². The molecular weight excluding hydrogens is 211 g/mol. The van der Waals surface area contributed by atoms with Crippen molar-refractivity contribution in [1.82, 2.24) is 0 Å². The third-order valence-electron chi connectivity index (χ3n) is 2.56. The van der Waals surface area contributed by atoms with E-state index in [2.05, 4.69) is 0 Å². The van der Waals surface area contributed by atoms with Gasteiger partial charge in [0.2, 0.25) is 0 Å². The molecule has 2 N–H and O–H groups in total. The van der Waals surface area contributed by atoms with Gasteiger partial charge in [-0.15, -0.1) is 0 Å². The van der Waals surface area contributed by atoms with Crippen LogP contribution < -0.4 is 10.2 Å². The summed E-state index contributed by atoms with van der Waals surface area (Å²) in [5.74, 6) is -0.349. The van der Waals surface area contributed by atoms with Crippen LogP contribution in [0.15, 0.2) is 18.2 Å². The fourth-order valence-electron chi connectivity index (χ4n) is 1.81. The summed E-state index contributed by atoms with van der Waals surface area (Å²) in [6, 6.07) is 5.09. The summed E-state index contributed by atoms with van der Waals surface area (Å²) in [4.78, 5) is 10.6. The third-order valence-corrected chi connectivity index (χ3v) is 2.56. The van der Waals surface area contributed by atoms with E-state index >= 15 is 0 Å². The van der Waals surface area contributed by atoms with E-state index < -0.39 is 19.2 Å². The van der Waals surface area contributed by atoms with Crippen molar-refractivity contribution >= 4 is 18.6 Å². The standard InChI is InChI=1S/C10H11BO5/c1-15-6-2-3-7-8(4-6)11(14)16-9(7)5-10(12)13/h2-4,9,14H,5H2,1H3,(H,12,13). The van der Waals surface area contributed by atoms with Crippen LogP contribution in [-0.2, 0) is 9.45 Å². The molecular formula is C10H11BO5. The summed E-state index contributed by atoms with van der Waals surface area (Å²) in [6.07, 6.45) is -0.746. The van der Waals surface area contributed by atoms with E-state index in [1.807, 2.05) is 0 Å². The number of hydrogen-bond donors (Lipinski definition) is 2. The number of rotatable bonds is 3. The monoisotopic (exact) mass is 222 g/mol. The Hall–Kier alpha value is -1.53. The molecule has 1 aromatic rings. The second-order valence-corrected chi connectivity index (χ2v) is 3.57. The van der Waals surface area contributed by atoms with E-state index in [0.717, 1.165) is 0 Å². The Kier molecular flexibility index (Phi) is 2.85. The van der Waals surface area contributed by atoms with Crippen molar-refractivity contribution in [2.45, 2.75) is 12.5 Å². The zero-order valence-electron chi connectivity index (χ0n) is 8.71. The number of carboxylic acid groups (broad SMARTS) is 1. The molecule has 5 nitrogen and oxygen atoms in total. The van der Waals surface area contributed by atoms with Gasteiger partial charge in [-0.3, -0.25) is 4.79 Å². The molecule has 0 saturated heterocycles. The van der Waals surface area contributed by atoms with E-state index in [1.165, 1.54) is 7.11 Å². The Morgan fingerprint density at radius 1 is 1.62 bits per heavy atom. The SMILES string of the molecule is COc1ccc2c(c1)B(O)OC2CC(=O)O. The lowest BCUT2D eigenvalue weighted by Crippen LogP contribution is -2.28. The fourth-order valence-corrected chi connectivity index (χ4v) is 1.81. The summed E-state index contributed by atoms with van der Waals surface area (Å²) in [5.41, 5.74) is 1.28. The molecule has 0 aliphatic carbocycles. The van der Waals surface area contributed by atoms with Crippen LogP contribution in [0.25, 0.3) is 0 Å². The molecule has 0 bridgehead atoms. The number of ether oxygens (including phenoxy) is 1. The summed E-state index contributed by atoms with van der Waals surface area (Å²) >= 11 is 0. The first-order chi connectivity index (χ1) is 7.61. The van der Waals surface area contributed by atoms with Crippen LogP contribution in [0.1, 0.15) is 18.1 Å². The molecule has 1 atom stereocenters. The lowest BCUT2D eigenvalue weighted by Gasteiger charge is -2.09. The first kappa shape index (κ1) is 11.0. The molecule has 1 aliphatic heterocycles. The Labute approximate surface area is 92.8 Å². The fraction of sp³-hybridized carbons (Fsp3) is 0.300. The number of fused-ring (bicyclic) bond motifs is 1. The molecule has 0 spiro atoms. The van der Waals surface area contributed by atoms with E-state index in [0.29, 0.717) is 16.8 Å². The number of aliphatic carboxylic acids is 1. The molecule has 16 heavy (non-hydrogen) atoms. The van der Waals surface area contributed by atoms with Gasteiger partial charge < -0.3 is 19.5 Å². The average Bonchev–Trinajstić information content (AvgIpc) is 2.54. The minimum absolute atomic E-state index is 0.156. The molecule has 0 aromatic heterocycles. The zero-order valence-corrected chi connectivity index (χ0v) is 8.71. The largest absolute Gasteiger partial charge is 0.497 e. The Balaban J connectivity index is 2.32. The van der Waals surface area contributed by atoms with Crippen LogP contribution in [0.5, 0.6) is 5.75 Å². The van der Waals surface area contributed by atoms with Gasteiger partial charge in [0.15, 0.2) is 0 Å². The number of benzene rings is 1. The van der Waals surface area contributed by atoms with Gasteiger partial charge in [-0.2, -0.15) is 0 Å². The molecule has 0 amide bonds. The first-order valence-electron chi connectivity index (χ1n) is 4.85. The molecule has 2 rings (SSSR count). The Morgan fingerprint density at radius 2 is 2.38 bits per heavy atom. The Morgan fingerprint density at radius 3 is 3.00 bits per heavy atom. The quantitative estimate of drug-likeness (QED) is 0.700. The van der Waals surface area contributed by atoms with Gasteiger partial charge in [0.05, 0.1) is 19.6 Å². The van der Waals surface area contributed by atoms with Gasteiger partial charge in [-0.05, 0) is 23.2 Å². The molecule has 0 fully saturated rings. The van der Waals surface area contributed by atoms with Crippen LogP contribution in [-0.4, -0.2) is 30.3 Å². The lowest BCUT2D eigenvalue weighted by atomic mass is 9.79. The molecule has 1 unspecified atom stereocenters. The topological polar surface area (TPSA) is 76.0 Å². The third kappa shape index (κ3) is 1.89. The molecule has 1 heterocycles. The molecule has 1 aromatic carbocycles. The predicted octanol–water partition coefficient (Wildman–Crippen LogP) is -0.0713. The normalized spacial score (nSPS) is 18.4. The van der Waals surface area contributed by atoms with Crippen molar-refractivity contribution < 1.29 is 24.3 Å². The predicted molar refractivity (Wildman–Crippen MR) is 56.7 cm³/mol. The van der Waals surface area contributed by atoms with E-state index in [-0.39, 0.29) is 6.42 Å². The maximum atomic E-state index is 10.6. The van der Waals surface area contributed by atoms with E-state index in [9.17, 15) is 9.82 Å². The summed E-state index contributed by atoms with van der Waals surface area (Å²) in [5, 5.41) is 18.3. The molecule has 0 radical (unpaired) electrons. The minimum Gasteiger partial charge on any atom is -0.497 e. The van der Waals surface area contributed by atoms with Gasteiger partial charge in [0, 0.05) is 0 Å².